The van der Waals surface area contributed by atoms with Crippen molar-refractivity contribution < 1.29 is 36.0 Å². The molecule has 1 N–H and O–H groups in total. The molecular weight excluding hydrogens is 896 g/mol. The molecular formula is C64H117ClN2O4. The largest absolute Gasteiger partial charge is 1.00 e. The van der Waals surface area contributed by atoms with Crippen LogP contribution in [0.15, 0.2) is 11.6 Å². The number of esters is 1. The number of hydrogen-bond acceptors (Lipinski definition) is 4. The molecule has 0 aromatic carbocycles. The number of nitrogens with one attached hydrogen (secondary N) is 1. The maximum absolute atomic E-state index is 13.3. The van der Waals surface area contributed by atoms with Gasteiger partial charge in [0.25, 0.3) is 0 Å². The van der Waals surface area contributed by atoms with Crippen molar-refractivity contribution in [3.63, 3.8) is 0 Å². The average Bonchev–Trinajstić information content (AvgIpc) is 3.71. The van der Waals surface area contributed by atoms with Gasteiger partial charge in [-0.1, -0.05) is 213 Å². The number of amides is 1. The van der Waals surface area contributed by atoms with E-state index in [0.717, 1.165) is 30.3 Å². The minimum atomic E-state index is -0.220. The van der Waals surface area contributed by atoms with Gasteiger partial charge in [-0.05, 0) is 112 Å². The lowest BCUT2D eigenvalue weighted by Gasteiger charge is -2.58. The highest BCUT2D eigenvalue weighted by molar-refractivity contribution is 5.91. The lowest BCUT2D eigenvalue weighted by atomic mass is 9.46. The molecule has 3 saturated carbocycles. The number of allylic oxidation sites excluding steroid dienone is 1. The summed E-state index contributed by atoms with van der Waals surface area (Å²) >= 11 is 0. The summed E-state index contributed by atoms with van der Waals surface area (Å²) in [5.74, 6) is 2.50. The van der Waals surface area contributed by atoms with E-state index in [0.29, 0.717) is 42.4 Å². The maximum atomic E-state index is 13.3. The lowest BCUT2D eigenvalue weighted by Crippen LogP contribution is -3.00. The molecule has 1 amide bonds. The summed E-state index contributed by atoms with van der Waals surface area (Å²) in [5, 5.41) is 3.22. The van der Waals surface area contributed by atoms with E-state index in [4.69, 9.17) is 4.74 Å². The number of ether oxygens (including phenoxy) is 1. The molecule has 4 rings (SSSR count). The zero-order valence-corrected chi connectivity index (χ0v) is 48.7. The average molecular weight is 1010 g/mol. The highest BCUT2D eigenvalue weighted by Gasteiger charge is 2.60. The molecule has 0 aliphatic heterocycles. The predicted octanol–water partition coefficient (Wildman–Crippen LogP) is 14.9. The van der Waals surface area contributed by atoms with Gasteiger partial charge in [-0.2, -0.15) is 0 Å². The molecule has 7 heteroatoms. The fraction of sp³-hybridized carbons (Fsp3) is 0.922. The number of hydrogen-bond donors (Lipinski definition) is 1. The normalized spacial score (nSPS) is 24.4. The van der Waals surface area contributed by atoms with Crippen LogP contribution in [0.5, 0.6) is 0 Å². The van der Waals surface area contributed by atoms with E-state index in [1.54, 1.807) is 0 Å². The quantitative estimate of drug-likeness (QED) is 0.0376. The number of halogens is 1. The lowest BCUT2D eigenvalue weighted by molar-refractivity contribution is -0.908. The van der Waals surface area contributed by atoms with Crippen LogP contribution in [0.25, 0.3) is 0 Å². The van der Waals surface area contributed by atoms with Crippen LogP contribution in [0.1, 0.15) is 304 Å². The molecule has 0 aromatic rings. The van der Waals surface area contributed by atoms with Gasteiger partial charge in [-0.3, -0.25) is 14.4 Å². The fourth-order valence-electron chi connectivity index (χ4n) is 14.9. The monoisotopic (exact) mass is 1010 g/mol. The molecule has 3 fully saturated rings. The van der Waals surface area contributed by atoms with Crippen LogP contribution < -0.4 is 17.7 Å². The summed E-state index contributed by atoms with van der Waals surface area (Å²) in [7, 11) is 2.43. The van der Waals surface area contributed by atoms with Gasteiger partial charge in [0, 0.05) is 18.8 Å². The number of quaternary nitrogens is 1. The Morgan fingerprint density at radius 1 is 0.592 bits per heavy atom. The number of ketones is 1. The standard InChI is InChI=1S/C64H116N2O4.ClH/c1-7-9-11-13-15-17-19-21-23-25-27-29-31-33-35-37-50-66(6,51-38-36-34-32-30-28-26-24-22-20-18-16-14-12-10-8-2)52-49-65-61(68)43-44-62(69)70-54(3)58-41-42-59-57-40-39-55-53-56(67)45-47-63(55,4)60(57)46-48-64(58,59)5;/h53-54,57-60H,7-52H2,1-6H3;1H/t54-,57?,58+,59?,60?,63-,64+;/m0./s1. The van der Waals surface area contributed by atoms with Gasteiger partial charge in [0.2, 0.25) is 5.91 Å². The van der Waals surface area contributed by atoms with Crippen LogP contribution in [0.3, 0.4) is 0 Å². The van der Waals surface area contributed by atoms with Crippen molar-refractivity contribution in [1.29, 1.82) is 0 Å². The van der Waals surface area contributed by atoms with Gasteiger partial charge in [0.05, 0.1) is 39.6 Å². The smallest absolute Gasteiger partial charge is 0.306 e. The Morgan fingerprint density at radius 3 is 1.51 bits per heavy atom. The second-order valence-electron chi connectivity index (χ2n) is 25.1. The molecule has 0 bridgehead atoms. The van der Waals surface area contributed by atoms with E-state index < -0.39 is 0 Å². The Morgan fingerprint density at radius 2 is 1.04 bits per heavy atom. The molecule has 0 radical (unpaired) electrons. The van der Waals surface area contributed by atoms with Gasteiger partial charge in [0.15, 0.2) is 5.78 Å². The van der Waals surface area contributed by atoms with Crippen molar-refractivity contribution in [2.75, 3.05) is 33.2 Å². The third-order valence-electron chi connectivity index (χ3n) is 19.6. The third-order valence-corrected chi connectivity index (χ3v) is 19.6. The van der Waals surface area contributed by atoms with E-state index in [1.165, 1.54) is 250 Å². The number of fused-ring (bicyclic) bond motifs is 5. The first-order chi connectivity index (χ1) is 34.0. The maximum Gasteiger partial charge on any atom is 0.306 e. The van der Waals surface area contributed by atoms with Crippen molar-refractivity contribution in [1.82, 2.24) is 5.32 Å². The van der Waals surface area contributed by atoms with Crippen molar-refractivity contribution in [2.45, 2.75) is 310 Å². The second kappa shape index (κ2) is 36.6. The molecule has 7 atom stereocenters. The third kappa shape index (κ3) is 23.2. The molecule has 0 spiro atoms. The van der Waals surface area contributed by atoms with E-state index in [-0.39, 0.29) is 54.1 Å². The van der Waals surface area contributed by atoms with Crippen LogP contribution in [-0.4, -0.2) is 61.5 Å². The van der Waals surface area contributed by atoms with Crippen molar-refractivity contribution in [3.8, 4) is 0 Å². The van der Waals surface area contributed by atoms with Crippen LogP contribution in [0.4, 0.5) is 0 Å². The van der Waals surface area contributed by atoms with Crippen molar-refractivity contribution >= 4 is 17.7 Å². The Hall–Kier alpha value is -1.40. The predicted molar refractivity (Wildman–Crippen MR) is 298 cm³/mol. The zero-order valence-electron chi connectivity index (χ0n) is 47.9. The Balaban J connectivity index is 0.0000133. The van der Waals surface area contributed by atoms with Crippen LogP contribution in [0.2, 0.25) is 0 Å². The number of likely N-dealkylation sites (N-methyl/N-ethyl adjacent to an activating group) is 1. The fourth-order valence-corrected chi connectivity index (χ4v) is 14.9. The summed E-state index contributed by atoms with van der Waals surface area (Å²) in [5.41, 5.74) is 1.80. The molecule has 414 valence electrons. The Bertz CT molecular complexity index is 1430. The summed E-state index contributed by atoms with van der Waals surface area (Å²) in [6.45, 7) is 15.7. The minimum absolute atomic E-state index is 0. The Labute approximate surface area is 446 Å². The number of nitrogens with zero attached hydrogens (tertiary/aromatic N) is 1. The van der Waals surface area contributed by atoms with Gasteiger partial charge in [-0.15, -0.1) is 0 Å². The highest BCUT2D eigenvalue weighted by atomic mass is 35.5. The number of unbranched alkanes of at least 4 members (excludes halogenated alkanes) is 30. The van der Waals surface area contributed by atoms with E-state index in [1.807, 2.05) is 6.08 Å². The minimum Gasteiger partial charge on any atom is -1.00 e. The topological polar surface area (TPSA) is 72.5 Å². The first-order valence-electron chi connectivity index (χ1n) is 31.5. The van der Waals surface area contributed by atoms with Crippen molar-refractivity contribution in [2.24, 2.45) is 34.5 Å². The number of rotatable bonds is 42. The summed E-state index contributed by atoms with van der Waals surface area (Å²) in [6, 6.07) is 0. The SMILES string of the molecule is CCCCCCCCCCCCCCCCCC[N+](C)(CCCCCCCCCCCCCCCCCC)CCNC(=O)CCC(=O)O[C@@H](C)[C@H]1CCC2C3CCC4=CC(=O)CC[C@]4(C)C3CC[C@@]21C.[Cl-]. The van der Waals surface area contributed by atoms with Gasteiger partial charge < -0.3 is 26.9 Å². The van der Waals surface area contributed by atoms with Gasteiger partial charge >= 0.3 is 5.97 Å². The number of carbonyl (C=O) groups is 3. The molecule has 0 saturated heterocycles. The van der Waals surface area contributed by atoms with E-state index >= 15 is 0 Å². The van der Waals surface area contributed by atoms with Crippen molar-refractivity contribution in [3.05, 3.63) is 11.6 Å². The summed E-state index contributed by atoms with van der Waals surface area (Å²) in [4.78, 5) is 38.8. The highest BCUT2D eigenvalue weighted by Crippen LogP contribution is 2.67. The van der Waals surface area contributed by atoms with Crippen LogP contribution >= 0.6 is 0 Å². The van der Waals surface area contributed by atoms with E-state index in [2.05, 4.69) is 47.0 Å². The molecule has 4 aliphatic rings. The van der Waals surface area contributed by atoms with Gasteiger partial charge in [-0.25, -0.2) is 0 Å². The van der Waals surface area contributed by atoms with Crippen LogP contribution in [-0.2, 0) is 19.1 Å². The molecule has 0 heterocycles. The first-order valence-corrected chi connectivity index (χ1v) is 31.5. The molecule has 6 nitrogen and oxygen atoms in total. The number of carbonyl (C=O) groups excluding carboxylic acids is 3. The summed E-state index contributed by atoms with van der Waals surface area (Å²) < 4.78 is 7.22. The molecule has 3 unspecified atom stereocenters. The zero-order chi connectivity index (χ0) is 50.3. The molecule has 0 aromatic heterocycles. The Kier molecular flexibility index (Phi) is 32.9. The molecule has 71 heavy (non-hydrogen) atoms. The molecule has 4 aliphatic carbocycles. The second-order valence-corrected chi connectivity index (χ2v) is 25.1. The van der Waals surface area contributed by atoms with Crippen LogP contribution in [0, 0.1) is 34.5 Å². The van der Waals surface area contributed by atoms with E-state index in [9.17, 15) is 14.4 Å². The first kappa shape index (κ1) is 63.9. The summed E-state index contributed by atoms with van der Waals surface area (Å²) in [6.07, 6.45) is 55.7. The van der Waals surface area contributed by atoms with Gasteiger partial charge in [0.1, 0.15) is 6.10 Å².